The minimum Gasteiger partial charge on any atom is -0.363 e. The van der Waals surface area contributed by atoms with Gasteiger partial charge in [0.05, 0.1) is 5.56 Å². The second kappa shape index (κ2) is 5.40. The van der Waals surface area contributed by atoms with Crippen molar-refractivity contribution in [3.05, 3.63) is 23.9 Å². The number of likely N-dealkylation sites (tertiary alicyclic amines) is 1. The highest BCUT2D eigenvalue weighted by atomic mass is 16.2. The maximum absolute atomic E-state index is 12.5. The molecule has 1 aliphatic heterocycles. The summed E-state index contributed by atoms with van der Waals surface area (Å²) in [6.07, 6.45) is 2.50. The van der Waals surface area contributed by atoms with Crippen LogP contribution in [-0.2, 0) is 0 Å². The first-order valence-corrected chi connectivity index (χ1v) is 6.99. The zero-order valence-corrected chi connectivity index (χ0v) is 12.8. The molecule has 2 N–H and O–H groups in total. The monoisotopic (exact) mass is 276 g/mol. The van der Waals surface area contributed by atoms with Gasteiger partial charge in [-0.05, 0) is 24.0 Å². The summed E-state index contributed by atoms with van der Waals surface area (Å²) in [7, 11) is 3.86. The van der Waals surface area contributed by atoms with Crippen molar-refractivity contribution in [2.45, 2.75) is 26.3 Å². The molecular weight excluding hydrogens is 252 g/mol. The molecule has 0 aromatic carbocycles. The summed E-state index contributed by atoms with van der Waals surface area (Å²) in [6.45, 7) is 5.65. The van der Waals surface area contributed by atoms with Crippen LogP contribution >= 0.6 is 0 Å². The van der Waals surface area contributed by atoms with E-state index < -0.39 is 0 Å². The average molecular weight is 276 g/mol. The molecule has 1 aromatic rings. The summed E-state index contributed by atoms with van der Waals surface area (Å²) in [5.41, 5.74) is 6.71. The number of piperidine rings is 1. The van der Waals surface area contributed by atoms with Gasteiger partial charge in [0, 0.05) is 39.4 Å². The number of aromatic nitrogens is 1. The number of hydrogen-bond donors (Lipinski definition) is 1. The maximum Gasteiger partial charge on any atom is 0.255 e. The lowest BCUT2D eigenvalue weighted by molar-refractivity contribution is 0.0532. The third-order valence-electron chi connectivity index (χ3n) is 4.05. The van der Waals surface area contributed by atoms with Crippen LogP contribution in [0.4, 0.5) is 5.82 Å². The summed E-state index contributed by atoms with van der Waals surface area (Å²) in [5.74, 6) is 0.894. The Hall–Kier alpha value is -1.62. The van der Waals surface area contributed by atoms with Crippen molar-refractivity contribution in [3.63, 3.8) is 0 Å². The van der Waals surface area contributed by atoms with E-state index in [9.17, 15) is 4.79 Å². The predicted molar refractivity (Wildman–Crippen MR) is 80.8 cm³/mol. The molecule has 0 bridgehead atoms. The second-order valence-corrected chi connectivity index (χ2v) is 6.41. The van der Waals surface area contributed by atoms with Crippen LogP contribution in [-0.4, -0.2) is 49.0 Å². The van der Waals surface area contributed by atoms with E-state index in [2.05, 4.69) is 18.8 Å². The summed E-state index contributed by atoms with van der Waals surface area (Å²) < 4.78 is 0. The van der Waals surface area contributed by atoms with E-state index in [1.165, 1.54) is 0 Å². The molecular formula is C15H24N4O. The van der Waals surface area contributed by atoms with Gasteiger partial charge in [-0.1, -0.05) is 13.8 Å². The second-order valence-electron chi connectivity index (χ2n) is 6.41. The van der Waals surface area contributed by atoms with Crippen molar-refractivity contribution in [2.75, 3.05) is 32.1 Å². The molecule has 5 nitrogen and oxygen atoms in total. The van der Waals surface area contributed by atoms with Crippen LogP contribution in [0, 0.1) is 5.41 Å². The molecule has 1 aliphatic rings. The van der Waals surface area contributed by atoms with Crippen LogP contribution in [0.5, 0.6) is 0 Å². The number of carbonyl (C=O) groups is 1. The van der Waals surface area contributed by atoms with E-state index >= 15 is 0 Å². The predicted octanol–water partition coefficient (Wildman–Crippen LogP) is 1.35. The van der Waals surface area contributed by atoms with Gasteiger partial charge in [0.1, 0.15) is 5.82 Å². The van der Waals surface area contributed by atoms with Gasteiger partial charge < -0.3 is 15.5 Å². The molecule has 20 heavy (non-hydrogen) atoms. The molecule has 1 fully saturated rings. The van der Waals surface area contributed by atoms with Gasteiger partial charge in [-0.15, -0.1) is 0 Å². The zero-order valence-electron chi connectivity index (χ0n) is 12.8. The molecule has 1 atom stereocenters. The molecule has 1 amide bonds. The topological polar surface area (TPSA) is 62.5 Å². The van der Waals surface area contributed by atoms with Gasteiger partial charge in [0.2, 0.25) is 0 Å². The summed E-state index contributed by atoms with van der Waals surface area (Å²) in [4.78, 5) is 20.6. The number of anilines is 1. The molecule has 2 rings (SSSR count). The van der Waals surface area contributed by atoms with Gasteiger partial charge in [-0.2, -0.15) is 0 Å². The van der Waals surface area contributed by atoms with E-state index in [1.807, 2.05) is 36.0 Å². The lowest BCUT2D eigenvalue weighted by atomic mass is 9.79. The number of carbonyl (C=O) groups excluding carboxylic acids is 1. The first-order valence-electron chi connectivity index (χ1n) is 6.99. The summed E-state index contributed by atoms with van der Waals surface area (Å²) in [5, 5.41) is 0. The zero-order chi connectivity index (χ0) is 14.9. The Balaban J connectivity index is 2.11. The normalized spacial score (nSPS) is 21.6. The number of nitrogens with zero attached hydrogens (tertiary/aromatic N) is 3. The SMILES string of the molecule is CN(C)c1ccc(C(=O)N2CCC(N)C(C)(C)C2)cn1. The minimum atomic E-state index is -0.0368. The lowest BCUT2D eigenvalue weighted by Crippen LogP contribution is -2.54. The molecule has 0 radical (unpaired) electrons. The van der Waals surface area contributed by atoms with E-state index in [0.29, 0.717) is 12.1 Å². The standard InChI is InChI=1S/C15H24N4O/c1-15(2)10-19(8-7-12(15)16)14(20)11-5-6-13(17-9-11)18(3)4/h5-6,9,12H,7-8,10,16H2,1-4H3. The smallest absolute Gasteiger partial charge is 0.255 e. The van der Waals surface area contributed by atoms with Gasteiger partial charge in [-0.3, -0.25) is 4.79 Å². The van der Waals surface area contributed by atoms with Crippen molar-refractivity contribution in [3.8, 4) is 0 Å². The third-order valence-corrected chi connectivity index (χ3v) is 4.05. The van der Waals surface area contributed by atoms with Crippen LogP contribution in [0.2, 0.25) is 0 Å². The van der Waals surface area contributed by atoms with Crippen molar-refractivity contribution >= 4 is 11.7 Å². The number of nitrogens with two attached hydrogens (primary N) is 1. The Bertz CT molecular complexity index is 481. The molecule has 2 heterocycles. The lowest BCUT2D eigenvalue weighted by Gasteiger charge is -2.42. The van der Waals surface area contributed by atoms with Crippen LogP contribution in [0.3, 0.4) is 0 Å². The molecule has 1 unspecified atom stereocenters. The summed E-state index contributed by atoms with van der Waals surface area (Å²) in [6, 6.07) is 3.86. The molecule has 0 aliphatic carbocycles. The summed E-state index contributed by atoms with van der Waals surface area (Å²) >= 11 is 0. The van der Waals surface area contributed by atoms with E-state index in [1.54, 1.807) is 6.20 Å². The van der Waals surface area contributed by atoms with Crippen molar-refractivity contribution < 1.29 is 4.79 Å². The highest BCUT2D eigenvalue weighted by Gasteiger charge is 2.35. The third kappa shape index (κ3) is 2.93. The van der Waals surface area contributed by atoms with Crippen molar-refractivity contribution in [2.24, 2.45) is 11.1 Å². The number of rotatable bonds is 2. The first kappa shape index (κ1) is 14.8. The Morgan fingerprint density at radius 1 is 1.45 bits per heavy atom. The Morgan fingerprint density at radius 2 is 2.15 bits per heavy atom. The van der Waals surface area contributed by atoms with Gasteiger partial charge in [0.15, 0.2) is 0 Å². The van der Waals surface area contributed by atoms with Crippen LogP contribution in [0.15, 0.2) is 18.3 Å². The Labute approximate surface area is 120 Å². The minimum absolute atomic E-state index is 0.0368. The highest BCUT2D eigenvalue weighted by Crippen LogP contribution is 2.28. The Kier molecular flexibility index (Phi) is 3.99. The fourth-order valence-corrected chi connectivity index (χ4v) is 2.51. The van der Waals surface area contributed by atoms with E-state index in [0.717, 1.165) is 18.8 Å². The van der Waals surface area contributed by atoms with Gasteiger partial charge in [0.25, 0.3) is 5.91 Å². The van der Waals surface area contributed by atoms with E-state index in [4.69, 9.17) is 5.73 Å². The van der Waals surface area contributed by atoms with Gasteiger partial charge >= 0.3 is 0 Å². The van der Waals surface area contributed by atoms with Crippen LogP contribution in [0.25, 0.3) is 0 Å². The first-order chi connectivity index (χ1) is 9.31. The largest absolute Gasteiger partial charge is 0.363 e. The maximum atomic E-state index is 12.5. The Morgan fingerprint density at radius 3 is 2.65 bits per heavy atom. The fourth-order valence-electron chi connectivity index (χ4n) is 2.51. The molecule has 1 saturated heterocycles. The van der Waals surface area contributed by atoms with Crippen LogP contribution < -0.4 is 10.6 Å². The van der Waals surface area contributed by atoms with E-state index in [-0.39, 0.29) is 17.4 Å². The molecule has 0 saturated carbocycles. The fraction of sp³-hybridized carbons (Fsp3) is 0.600. The highest BCUT2D eigenvalue weighted by molar-refractivity contribution is 5.94. The molecule has 1 aromatic heterocycles. The number of hydrogen-bond acceptors (Lipinski definition) is 4. The van der Waals surface area contributed by atoms with Crippen molar-refractivity contribution in [1.82, 2.24) is 9.88 Å². The van der Waals surface area contributed by atoms with Crippen molar-refractivity contribution in [1.29, 1.82) is 0 Å². The van der Waals surface area contributed by atoms with Crippen LogP contribution in [0.1, 0.15) is 30.6 Å². The quantitative estimate of drug-likeness (QED) is 0.885. The average Bonchev–Trinajstić information content (AvgIpc) is 2.41. The van der Waals surface area contributed by atoms with Gasteiger partial charge in [-0.25, -0.2) is 4.98 Å². The number of amides is 1. The molecule has 0 spiro atoms. The number of pyridine rings is 1. The molecule has 110 valence electrons. The molecule has 5 heteroatoms.